The van der Waals surface area contributed by atoms with Crippen molar-refractivity contribution >= 4 is 43.4 Å². The van der Waals surface area contributed by atoms with Crippen LogP contribution in [0.4, 0.5) is 0 Å². The first-order valence-corrected chi connectivity index (χ1v) is 6.58. The quantitative estimate of drug-likeness (QED) is 0.530. The molecule has 0 aliphatic heterocycles. The maximum absolute atomic E-state index is 12.0. The minimum atomic E-state index is -0.598. The fourth-order valence-electron chi connectivity index (χ4n) is 1.86. The molecule has 0 fully saturated rings. The van der Waals surface area contributed by atoms with E-state index >= 15 is 0 Å². The van der Waals surface area contributed by atoms with Gasteiger partial charge in [0, 0.05) is 16.2 Å². The number of pyridine rings is 2. The summed E-state index contributed by atoms with van der Waals surface area (Å²) >= 11 is 6.43. The van der Waals surface area contributed by atoms with Crippen molar-refractivity contribution < 1.29 is 9.59 Å². The van der Waals surface area contributed by atoms with Gasteiger partial charge in [0.15, 0.2) is 0 Å². The highest BCUT2D eigenvalue weighted by Crippen LogP contribution is 2.32. The van der Waals surface area contributed by atoms with Gasteiger partial charge in [-0.3, -0.25) is 14.6 Å². The van der Waals surface area contributed by atoms with Crippen LogP contribution in [0.3, 0.4) is 0 Å². The number of hydrogen-bond donors (Lipinski definition) is 0. The molecule has 4 nitrogen and oxygen atoms in total. The molecule has 3 rings (SSSR count). The average Bonchev–Trinajstić information content (AvgIpc) is 2.36. The molecule has 0 amide bonds. The Balaban J connectivity index is 2.38. The zero-order valence-electron chi connectivity index (χ0n) is 8.78. The molecule has 0 atom stereocenters. The van der Waals surface area contributed by atoms with Crippen LogP contribution in [-0.2, 0) is 0 Å². The Morgan fingerprint density at radius 2 is 1.72 bits per heavy atom. The number of aromatic nitrogens is 2. The molecule has 2 aromatic heterocycles. The van der Waals surface area contributed by atoms with Gasteiger partial charge in [-0.2, -0.15) is 0 Å². The van der Waals surface area contributed by atoms with E-state index in [-0.39, 0.29) is 5.69 Å². The lowest BCUT2D eigenvalue weighted by Gasteiger charge is -2.16. The first-order chi connectivity index (χ1) is 8.58. The number of ketones is 2. The Bertz CT molecular complexity index is 652. The van der Waals surface area contributed by atoms with E-state index in [2.05, 4.69) is 41.8 Å². The fourth-order valence-corrected chi connectivity index (χ4v) is 2.50. The van der Waals surface area contributed by atoms with Gasteiger partial charge in [-0.15, -0.1) is 0 Å². The van der Waals surface area contributed by atoms with Crippen molar-refractivity contribution in [2.24, 2.45) is 0 Å². The van der Waals surface area contributed by atoms with Gasteiger partial charge in [0.05, 0.1) is 11.3 Å². The molecule has 0 spiro atoms. The molecule has 1 aliphatic carbocycles. The van der Waals surface area contributed by atoms with E-state index in [0.29, 0.717) is 25.9 Å². The molecule has 0 unspecified atom stereocenters. The van der Waals surface area contributed by atoms with E-state index in [1.165, 1.54) is 0 Å². The summed E-state index contributed by atoms with van der Waals surface area (Å²) in [5.74, 6) is -1.17. The molecule has 88 valence electrons. The van der Waals surface area contributed by atoms with Gasteiger partial charge >= 0.3 is 0 Å². The predicted molar refractivity (Wildman–Crippen MR) is 71.5 cm³/mol. The van der Waals surface area contributed by atoms with Crippen molar-refractivity contribution in [2.45, 2.75) is 0 Å². The number of nitrogens with zero attached hydrogens (tertiary/aromatic N) is 2. The summed E-state index contributed by atoms with van der Waals surface area (Å²) in [6.07, 6.45) is 1.59. The Kier molecular flexibility index (Phi) is 2.64. The highest BCUT2D eigenvalue weighted by molar-refractivity contribution is 9.10. The first kappa shape index (κ1) is 11.7. The smallest absolute Gasteiger partial charge is 0.252 e. The molecule has 2 heterocycles. The van der Waals surface area contributed by atoms with Crippen molar-refractivity contribution in [1.29, 1.82) is 0 Å². The van der Waals surface area contributed by atoms with Crippen molar-refractivity contribution in [3.05, 3.63) is 44.7 Å². The summed E-state index contributed by atoms with van der Waals surface area (Å²) in [5, 5.41) is 0. The van der Waals surface area contributed by atoms with Gasteiger partial charge < -0.3 is 0 Å². The number of Topliss-reactive ketones (excluding diaryl/α,β-unsaturated/α-hetero) is 2. The second-order valence-corrected chi connectivity index (χ2v) is 5.47. The zero-order valence-corrected chi connectivity index (χ0v) is 11.9. The van der Waals surface area contributed by atoms with E-state index in [0.717, 1.165) is 0 Å². The summed E-state index contributed by atoms with van der Waals surface area (Å²) < 4.78 is 1.18. The topological polar surface area (TPSA) is 59.9 Å². The normalized spacial score (nSPS) is 13.2. The summed E-state index contributed by atoms with van der Waals surface area (Å²) in [6, 6.07) is 5.06. The van der Waals surface area contributed by atoms with Crippen molar-refractivity contribution in [2.75, 3.05) is 0 Å². The molecule has 0 bridgehead atoms. The molecule has 0 saturated carbocycles. The summed E-state index contributed by atoms with van der Waals surface area (Å²) in [4.78, 5) is 32.2. The minimum absolute atomic E-state index is 0.150. The van der Waals surface area contributed by atoms with Gasteiger partial charge in [-0.25, -0.2) is 4.98 Å². The second kappa shape index (κ2) is 4.07. The van der Waals surface area contributed by atoms with E-state index in [4.69, 9.17) is 0 Å². The van der Waals surface area contributed by atoms with Gasteiger partial charge in [0.25, 0.3) is 5.78 Å². The third-order valence-electron chi connectivity index (χ3n) is 2.64. The van der Waals surface area contributed by atoms with Gasteiger partial charge in [0.2, 0.25) is 5.78 Å². The van der Waals surface area contributed by atoms with Gasteiger partial charge in [-0.05, 0) is 50.1 Å². The number of fused-ring (bicyclic) bond motifs is 3. The largest absolute Gasteiger partial charge is 0.285 e. The van der Waals surface area contributed by atoms with Crippen LogP contribution in [0.1, 0.15) is 20.8 Å². The lowest BCUT2D eigenvalue weighted by atomic mass is 9.91. The van der Waals surface area contributed by atoms with Crippen LogP contribution < -0.4 is 0 Å². The van der Waals surface area contributed by atoms with E-state index in [9.17, 15) is 9.59 Å². The van der Waals surface area contributed by atoms with Gasteiger partial charge in [0.1, 0.15) is 10.3 Å². The summed E-state index contributed by atoms with van der Waals surface area (Å²) in [5.41, 5.74) is 1.55. The monoisotopic (exact) mass is 366 g/mol. The van der Waals surface area contributed by atoms with Crippen molar-refractivity contribution in [3.8, 4) is 11.3 Å². The minimum Gasteiger partial charge on any atom is -0.285 e. The molecule has 18 heavy (non-hydrogen) atoms. The standard InChI is InChI=1S/C12H4Br2N2O2/c13-5-3-7-9(15-4-5)6-1-2-8(14)16-10(6)12(18)11(7)17/h1-4H. The summed E-state index contributed by atoms with van der Waals surface area (Å²) in [6.45, 7) is 0. The summed E-state index contributed by atoms with van der Waals surface area (Å²) in [7, 11) is 0. The lowest BCUT2D eigenvalue weighted by molar-refractivity contribution is 0.0812. The highest BCUT2D eigenvalue weighted by atomic mass is 79.9. The Morgan fingerprint density at radius 3 is 2.50 bits per heavy atom. The fraction of sp³-hybridized carbons (Fsp3) is 0. The van der Waals surface area contributed by atoms with Crippen LogP contribution in [0.2, 0.25) is 0 Å². The Morgan fingerprint density at radius 1 is 0.944 bits per heavy atom. The van der Waals surface area contributed by atoms with E-state index in [1.807, 2.05) is 0 Å². The van der Waals surface area contributed by atoms with E-state index in [1.54, 1.807) is 24.4 Å². The van der Waals surface area contributed by atoms with E-state index < -0.39 is 11.6 Å². The van der Waals surface area contributed by atoms with Crippen LogP contribution in [0.5, 0.6) is 0 Å². The molecular formula is C12H4Br2N2O2. The maximum atomic E-state index is 12.0. The Labute approximate surface area is 119 Å². The molecule has 6 heteroatoms. The molecular weight excluding hydrogens is 364 g/mol. The van der Waals surface area contributed by atoms with Crippen LogP contribution >= 0.6 is 31.9 Å². The number of hydrogen-bond acceptors (Lipinski definition) is 4. The maximum Gasteiger partial charge on any atom is 0.252 e. The second-order valence-electron chi connectivity index (χ2n) is 3.74. The predicted octanol–water partition coefficient (Wildman–Crippen LogP) is 3.05. The number of carbonyl (C=O) groups is 2. The SMILES string of the molecule is O=C1C(=O)c2nc(Br)ccc2-c2ncc(Br)cc21. The molecule has 0 N–H and O–H groups in total. The van der Waals surface area contributed by atoms with Crippen molar-refractivity contribution in [1.82, 2.24) is 9.97 Å². The van der Waals surface area contributed by atoms with Crippen LogP contribution in [0, 0.1) is 0 Å². The van der Waals surface area contributed by atoms with Crippen LogP contribution in [-0.4, -0.2) is 21.5 Å². The number of rotatable bonds is 0. The molecule has 1 aliphatic rings. The van der Waals surface area contributed by atoms with Gasteiger partial charge in [-0.1, -0.05) is 0 Å². The third kappa shape index (κ3) is 1.64. The van der Waals surface area contributed by atoms with Crippen LogP contribution in [0.15, 0.2) is 33.5 Å². The lowest BCUT2D eigenvalue weighted by Crippen LogP contribution is -2.23. The zero-order chi connectivity index (χ0) is 12.9. The Hall–Kier alpha value is -1.40. The highest BCUT2D eigenvalue weighted by Gasteiger charge is 2.32. The number of carbonyl (C=O) groups excluding carboxylic acids is 2. The molecule has 0 radical (unpaired) electrons. The molecule has 0 aromatic carbocycles. The molecule has 0 saturated heterocycles. The van der Waals surface area contributed by atoms with Crippen LogP contribution in [0.25, 0.3) is 11.3 Å². The van der Waals surface area contributed by atoms with Crippen molar-refractivity contribution in [3.63, 3.8) is 0 Å². The third-order valence-corrected chi connectivity index (χ3v) is 3.51. The molecule has 2 aromatic rings. The number of halogens is 2. The first-order valence-electron chi connectivity index (χ1n) is 4.99. The average molecular weight is 368 g/mol.